The van der Waals surface area contributed by atoms with Gasteiger partial charge in [-0.2, -0.15) is 0 Å². The van der Waals surface area contributed by atoms with Crippen LogP contribution in [0.25, 0.3) is 0 Å². The van der Waals surface area contributed by atoms with Gasteiger partial charge in [-0.05, 0) is 24.6 Å². The zero-order chi connectivity index (χ0) is 13.0. The van der Waals surface area contributed by atoms with E-state index in [1.807, 2.05) is 43.3 Å². The Labute approximate surface area is 111 Å². The zero-order valence-corrected chi connectivity index (χ0v) is 11.0. The fourth-order valence-corrected chi connectivity index (χ4v) is 2.92. The summed E-state index contributed by atoms with van der Waals surface area (Å²) in [4.78, 5) is 0.642. The number of hydrogen-bond acceptors (Lipinski definition) is 2. The minimum absolute atomic E-state index is 0.0444. The van der Waals surface area contributed by atoms with Crippen molar-refractivity contribution < 1.29 is 4.39 Å². The number of halogens is 1. The molecule has 0 heterocycles. The first-order valence-electron chi connectivity index (χ1n) is 5.90. The van der Waals surface area contributed by atoms with E-state index >= 15 is 0 Å². The highest BCUT2D eigenvalue weighted by atomic mass is 32.2. The van der Waals surface area contributed by atoms with E-state index in [1.54, 1.807) is 12.1 Å². The lowest BCUT2D eigenvalue weighted by Crippen LogP contribution is -2.22. The number of benzene rings is 2. The maximum Gasteiger partial charge on any atom is 0.136 e. The molecule has 2 rings (SSSR count). The van der Waals surface area contributed by atoms with Crippen molar-refractivity contribution in [1.82, 2.24) is 0 Å². The van der Waals surface area contributed by atoms with Crippen LogP contribution in [0.15, 0.2) is 59.5 Å². The highest BCUT2D eigenvalue weighted by molar-refractivity contribution is 7.99. The largest absolute Gasteiger partial charge is 0.327 e. The van der Waals surface area contributed by atoms with Gasteiger partial charge >= 0.3 is 0 Å². The molecule has 2 unspecified atom stereocenters. The van der Waals surface area contributed by atoms with Crippen molar-refractivity contribution in [3.63, 3.8) is 0 Å². The van der Waals surface area contributed by atoms with Crippen molar-refractivity contribution in [3.05, 3.63) is 66.0 Å². The van der Waals surface area contributed by atoms with Gasteiger partial charge < -0.3 is 5.73 Å². The van der Waals surface area contributed by atoms with E-state index in [4.69, 9.17) is 5.73 Å². The quantitative estimate of drug-likeness (QED) is 0.842. The summed E-state index contributed by atoms with van der Waals surface area (Å²) in [5.41, 5.74) is 7.15. The number of rotatable bonds is 4. The van der Waals surface area contributed by atoms with Crippen LogP contribution in [0.2, 0.25) is 0 Å². The van der Waals surface area contributed by atoms with Crippen LogP contribution in [0.4, 0.5) is 4.39 Å². The molecule has 0 saturated carbocycles. The molecule has 94 valence electrons. The summed E-state index contributed by atoms with van der Waals surface area (Å²) in [6.07, 6.45) is 0. The lowest BCUT2D eigenvalue weighted by Gasteiger charge is -2.21. The maximum absolute atomic E-state index is 13.7. The third-order valence-electron chi connectivity index (χ3n) is 2.70. The minimum Gasteiger partial charge on any atom is -0.327 e. The molecule has 0 bridgehead atoms. The van der Waals surface area contributed by atoms with E-state index in [2.05, 4.69) is 0 Å². The third kappa shape index (κ3) is 3.12. The Morgan fingerprint density at radius 1 is 1.00 bits per heavy atom. The molecule has 0 spiro atoms. The van der Waals surface area contributed by atoms with Crippen LogP contribution in [-0.2, 0) is 0 Å². The second kappa shape index (κ2) is 6.03. The minimum atomic E-state index is -0.191. The standard InChI is InChI=1S/C15H16FNS/c1-11(17)15(12-7-3-2-4-8-12)18-14-10-6-5-9-13(14)16/h2-11,15H,17H2,1H3. The summed E-state index contributed by atoms with van der Waals surface area (Å²) in [5, 5.41) is 0.0584. The van der Waals surface area contributed by atoms with Crippen molar-refractivity contribution in [2.75, 3.05) is 0 Å². The van der Waals surface area contributed by atoms with Gasteiger partial charge in [-0.15, -0.1) is 11.8 Å². The summed E-state index contributed by atoms with van der Waals surface area (Å²) in [6, 6.07) is 16.7. The molecule has 0 aliphatic heterocycles. The van der Waals surface area contributed by atoms with Crippen LogP contribution < -0.4 is 5.73 Å². The topological polar surface area (TPSA) is 26.0 Å². The molecular formula is C15H16FNS. The molecule has 0 aliphatic carbocycles. The lowest BCUT2D eigenvalue weighted by molar-refractivity contribution is 0.600. The van der Waals surface area contributed by atoms with Crippen LogP contribution in [0.3, 0.4) is 0 Å². The van der Waals surface area contributed by atoms with E-state index in [0.717, 1.165) is 5.56 Å². The van der Waals surface area contributed by atoms with Crippen LogP contribution in [0, 0.1) is 5.82 Å². The summed E-state index contributed by atoms with van der Waals surface area (Å²) < 4.78 is 13.7. The number of thioether (sulfide) groups is 1. The van der Waals surface area contributed by atoms with Crippen LogP contribution in [-0.4, -0.2) is 6.04 Å². The van der Waals surface area contributed by atoms with E-state index < -0.39 is 0 Å². The van der Waals surface area contributed by atoms with Crippen molar-refractivity contribution in [1.29, 1.82) is 0 Å². The molecule has 1 nitrogen and oxygen atoms in total. The summed E-state index contributed by atoms with van der Waals surface area (Å²) in [6.45, 7) is 1.95. The second-order valence-electron chi connectivity index (χ2n) is 4.24. The Morgan fingerprint density at radius 3 is 2.22 bits per heavy atom. The Hall–Kier alpha value is -1.32. The van der Waals surface area contributed by atoms with Gasteiger partial charge in [0.1, 0.15) is 5.82 Å². The van der Waals surface area contributed by atoms with E-state index in [-0.39, 0.29) is 17.1 Å². The molecule has 18 heavy (non-hydrogen) atoms. The molecule has 0 amide bonds. The number of hydrogen-bond donors (Lipinski definition) is 1. The molecule has 0 saturated heterocycles. The fraction of sp³-hybridized carbons (Fsp3) is 0.200. The molecule has 2 N–H and O–H groups in total. The van der Waals surface area contributed by atoms with Crippen molar-refractivity contribution in [2.45, 2.75) is 23.1 Å². The predicted octanol–water partition coefficient (Wildman–Crippen LogP) is 4.01. The second-order valence-corrected chi connectivity index (χ2v) is 5.42. The molecule has 2 aromatic carbocycles. The third-order valence-corrected chi connectivity index (χ3v) is 4.24. The van der Waals surface area contributed by atoms with E-state index in [0.29, 0.717) is 4.90 Å². The first kappa shape index (κ1) is 13.1. The molecule has 0 aliphatic rings. The smallest absolute Gasteiger partial charge is 0.136 e. The first-order chi connectivity index (χ1) is 8.68. The molecule has 3 heteroatoms. The Kier molecular flexibility index (Phi) is 4.39. The van der Waals surface area contributed by atoms with E-state index in [1.165, 1.54) is 17.8 Å². The Morgan fingerprint density at radius 2 is 1.61 bits per heavy atom. The van der Waals surface area contributed by atoms with Crippen molar-refractivity contribution >= 4 is 11.8 Å². The fourth-order valence-electron chi connectivity index (χ4n) is 1.80. The first-order valence-corrected chi connectivity index (χ1v) is 6.78. The van der Waals surface area contributed by atoms with Gasteiger partial charge in [-0.25, -0.2) is 4.39 Å². The SMILES string of the molecule is CC(N)C(Sc1ccccc1F)c1ccccc1. The van der Waals surface area contributed by atoms with E-state index in [9.17, 15) is 4.39 Å². The van der Waals surface area contributed by atoms with Gasteiger partial charge in [-0.3, -0.25) is 0 Å². The predicted molar refractivity (Wildman–Crippen MR) is 75.1 cm³/mol. The highest BCUT2D eigenvalue weighted by Crippen LogP contribution is 2.38. The monoisotopic (exact) mass is 261 g/mol. The Bertz CT molecular complexity index is 499. The molecule has 2 atom stereocenters. The van der Waals surface area contributed by atoms with Gasteiger partial charge in [0.15, 0.2) is 0 Å². The summed E-state index contributed by atoms with van der Waals surface area (Å²) in [5.74, 6) is -0.191. The lowest BCUT2D eigenvalue weighted by atomic mass is 10.1. The van der Waals surface area contributed by atoms with Gasteiger partial charge in [0.25, 0.3) is 0 Å². The van der Waals surface area contributed by atoms with Crippen LogP contribution >= 0.6 is 11.8 Å². The van der Waals surface area contributed by atoms with Gasteiger partial charge in [0, 0.05) is 16.2 Å². The highest BCUT2D eigenvalue weighted by Gasteiger charge is 2.18. The van der Waals surface area contributed by atoms with Crippen LogP contribution in [0.1, 0.15) is 17.7 Å². The molecular weight excluding hydrogens is 245 g/mol. The summed E-state index contributed by atoms with van der Waals surface area (Å²) in [7, 11) is 0. The molecule has 2 aromatic rings. The summed E-state index contributed by atoms with van der Waals surface area (Å²) >= 11 is 1.48. The van der Waals surface area contributed by atoms with Crippen molar-refractivity contribution in [3.8, 4) is 0 Å². The average Bonchev–Trinajstić information content (AvgIpc) is 2.38. The zero-order valence-electron chi connectivity index (χ0n) is 10.2. The molecule has 0 aromatic heterocycles. The normalized spacial score (nSPS) is 14.2. The van der Waals surface area contributed by atoms with Gasteiger partial charge in [-0.1, -0.05) is 42.5 Å². The maximum atomic E-state index is 13.7. The molecule has 0 radical (unpaired) electrons. The van der Waals surface area contributed by atoms with Crippen molar-refractivity contribution in [2.24, 2.45) is 5.73 Å². The van der Waals surface area contributed by atoms with Gasteiger partial charge in [0.2, 0.25) is 0 Å². The molecule has 0 fully saturated rings. The Balaban J connectivity index is 2.26. The average molecular weight is 261 g/mol. The van der Waals surface area contributed by atoms with Crippen LogP contribution in [0.5, 0.6) is 0 Å². The van der Waals surface area contributed by atoms with Gasteiger partial charge in [0.05, 0.1) is 0 Å². The number of nitrogens with two attached hydrogens (primary N) is 1.